The Morgan fingerprint density at radius 3 is 2.50 bits per heavy atom. The molecule has 3 aromatic rings. The minimum atomic E-state index is -0.487. The van der Waals surface area contributed by atoms with Crippen LogP contribution in [0.25, 0.3) is 22.6 Å². The molecule has 186 valence electrons. The number of hydrogen-bond acceptors (Lipinski definition) is 4. The summed E-state index contributed by atoms with van der Waals surface area (Å²) in [6.45, 7) is 3.84. The number of rotatable bonds is 4. The van der Waals surface area contributed by atoms with Crippen molar-refractivity contribution in [1.29, 1.82) is 0 Å². The van der Waals surface area contributed by atoms with Gasteiger partial charge in [-0.3, -0.25) is 4.79 Å². The molecule has 1 fully saturated rings. The average molecular weight is 487 g/mol. The minimum Gasteiger partial charge on any atom is -0.452 e. The summed E-state index contributed by atoms with van der Waals surface area (Å²) in [7, 11) is 0. The number of aromatic nitrogens is 1. The molecule has 1 aliphatic heterocycles. The molecule has 1 aromatic heterocycles. The van der Waals surface area contributed by atoms with Crippen molar-refractivity contribution in [2.75, 3.05) is 6.61 Å². The molecule has 0 saturated carbocycles. The van der Waals surface area contributed by atoms with Crippen molar-refractivity contribution in [2.24, 2.45) is 0 Å². The van der Waals surface area contributed by atoms with Gasteiger partial charge in [0.05, 0.1) is 16.8 Å². The van der Waals surface area contributed by atoms with Gasteiger partial charge >= 0.3 is 5.97 Å². The molecule has 1 amide bonds. The number of halogens is 1. The summed E-state index contributed by atoms with van der Waals surface area (Å²) in [6, 6.07) is 14.2. The van der Waals surface area contributed by atoms with Gasteiger partial charge < -0.3 is 9.64 Å². The van der Waals surface area contributed by atoms with E-state index in [-0.39, 0.29) is 30.4 Å². The second-order valence-corrected chi connectivity index (χ2v) is 9.91. The first kappa shape index (κ1) is 24.2. The predicted octanol–water partition coefficient (Wildman–Crippen LogP) is 6.20. The Morgan fingerprint density at radius 2 is 1.75 bits per heavy atom. The average Bonchev–Trinajstić information content (AvgIpc) is 2.87. The lowest BCUT2D eigenvalue weighted by molar-refractivity contribution is -0.140. The van der Waals surface area contributed by atoms with Gasteiger partial charge in [-0.2, -0.15) is 0 Å². The molecule has 6 heteroatoms. The summed E-state index contributed by atoms with van der Waals surface area (Å²) in [6.07, 6.45) is 7.43. The SMILES string of the molecule is CC1CCCC(C)N1C(=O)COC(=O)c1c2c(nc3ccccc13)C(=Cc1ccc(F)cc1)CCC2. The molecule has 5 nitrogen and oxygen atoms in total. The summed E-state index contributed by atoms with van der Waals surface area (Å²) >= 11 is 0. The third-order valence-corrected chi connectivity index (χ3v) is 7.39. The number of amides is 1. The van der Waals surface area contributed by atoms with E-state index in [4.69, 9.17) is 9.72 Å². The highest BCUT2D eigenvalue weighted by Gasteiger charge is 2.31. The zero-order valence-electron chi connectivity index (χ0n) is 20.8. The van der Waals surface area contributed by atoms with Gasteiger partial charge in [0.25, 0.3) is 5.91 Å². The van der Waals surface area contributed by atoms with Crippen LogP contribution in [0.2, 0.25) is 0 Å². The van der Waals surface area contributed by atoms with E-state index in [1.165, 1.54) is 12.1 Å². The maximum absolute atomic E-state index is 13.5. The molecule has 0 N–H and O–H groups in total. The van der Waals surface area contributed by atoms with Crippen LogP contribution in [0.4, 0.5) is 4.39 Å². The van der Waals surface area contributed by atoms with Crippen molar-refractivity contribution in [2.45, 2.75) is 64.5 Å². The first-order chi connectivity index (χ1) is 17.4. The number of nitrogens with zero attached hydrogens (tertiary/aromatic N) is 2. The molecule has 2 aromatic carbocycles. The van der Waals surface area contributed by atoms with E-state index >= 15 is 0 Å². The molecule has 1 aliphatic carbocycles. The summed E-state index contributed by atoms with van der Waals surface area (Å²) in [5.74, 6) is -0.913. The lowest BCUT2D eigenvalue weighted by atomic mass is 9.86. The first-order valence-corrected chi connectivity index (χ1v) is 12.8. The van der Waals surface area contributed by atoms with E-state index in [0.29, 0.717) is 17.5 Å². The standard InChI is InChI=1S/C30H31FN2O3/c1-19-7-5-8-20(2)33(19)27(34)18-36-30(35)28-24-10-3-4-12-26(24)32-29-22(9-6-11-25(28)29)17-21-13-15-23(31)16-14-21/h3-4,10,12-17,19-20H,5-9,11,18H2,1-2H3. The highest BCUT2D eigenvalue weighted by atomic mass is 19.1. The molecule has 0 bridgehead atoms. The predicted molar refractivity (Wildman–Crippen MR) is 139 cm³/mol. The number of benzene rings is 2. The van der Waals surface area contributed by atoms with Crippen LogP contribution in [-0.4, -0.2) is 40.5 Å². The van der Waals surface area contributed by atoms with Crippen molar-refractivity contribution in [3.05, 3.63) is 76.7 Å². The molecule has 0 spiro atoms. The Balaban J connectivity index is 1.48. The quantitative estimate of drug-likeness (QED) is 0.412. The number of carbonyl (C=O) groups is 2. The number of piperidine rings is 1. The highest BCUT2D eigenvalue weighted by molar-refractivity contribution is 6.07. The summed E-state index contributed by atoms with van der Waals surface area (Å²) in [5, 5.41) is 0.733. The Morgan fingerprint density at radius 1 is 1.03 bits per heavy atom. The van der Waals surface area contributed by atoms with E-state index in [9.17, 15) is 14.0 Å². The minimum absolute atomic E-state index is 0.146. The van der Waals surface area contributed by atoms with Gasteiger partial charge in [-0.15, -0.1) is 0 Å². The number of ether oxygens (including phenoxy) is 1. The molecule has 5 rings (SSSR count). The monoisotopic (exact) mass is 486 g/mol. The van der Waals surface area contributed by atoms with Crippen LogP contribution in [-0.2, 0) is 16.0 Å². The van der Waals surface area contributed by atoms with Crippen LogP contribution in [0.15, 0.2) is 48.5 Å². The van der Waals surface area contributed by atoms with Crippen LogP contribution in [0.5, 0.6) is 0 Å². The fraction of sp³-hybridized carbons (Fsp3) is 0.367. The van der Waals surface area contributed by atoms with E-state index < -0.39 is 5.97 Å². The van der Waals surface area contributed by atoms with E-state index in [0.717, 1.165) is 59.9 Å². The smallest absolute Gasteiger partial charge is 0.339 e. The van der Waals surface area contributed by atoms with Crippen molar-refractivity contribution in [1.82, 2.24) is 9.88 Å². The first-order valence-electron chi connectivity index (χ1n) is 12.8. The molecule has 36 heavy (non-hydrogen) atoms. The molecule has 2 unspecified atom stereocenters. The maximum atomic E-state index is 13.5. The molecule has 0 radical (unpaired) electrons. The largest absolute Gasteiger partial charge is 0.452 e. The number of para-hydroxylation sites is 1. The number of carbonyl (C=O) groups excluding carboxylic acids is 2. The zero-order chi connectivity index (χ0) is 25.2. The summed E-state index contributed by atoms with van der Waals surface area (Å²) < 4.78 is 19.1. The van der Waals surface area contributed by atoms with Gasteiger partial charge in [-0.1, -0.05) is 30.3 Å². The number of esters is 1. The molecular weight excluding hydrogens is 455 g/mol. The highest BCUT2D eigenvalue weighted by Crippen LogP contribution is 2.36. The van der Waals surface area contributed by atoms with Crippen LogP contribution in [0.1, 0.15) is 73.1 Å². The lowest BCUT2D eigenvalue weighted by Crippen LogP contribution is -2.49. The van der Waals surface area contributed by atoms with Crippen LogP contribution in [0.3, 0.4) is 0 Å². The van der Waals surface area contributed by atoms with Crippen molar-refractivity contribution in [3.63, 3.8) is 0 Å². The van der Waals surface area contributed by atoms with Crippen LogP contribution < -0.4 is 0 Å². The Bertz CT molecular complexity index is 1320. The Kier molecular flexibility index (Phi) is 6.86. The van der Waals surface area contributed by atoms with E-state index in [1.807, 2.05) is 35.2 Å². The van der Waals surface area contributed by atoms with Gasteiger partial charge in [0.2, 0.25) is 0 Å². The Hall–Kier alpha value is -3.54. The number of hydrogen-bond donors (Lipinski definition) is 0. The fourth-order valence-electron chi connectivity index (χ4n) is 5.66. The van der Waals surface area contributed by atoms with Crippen molar-refractivity contribution in [3.8, 4) is 0 Å². The van der Waals surface area contributed by atoms with Crippen molar-refractivity contribution < 1.29 is 18.7 Å². The number of fused-ring (bicyclic) bond motifs is 2. The third kappa shape index (κ3) is 4.77. The van der Waals surface area contributed by atoms with Crippen LogP contribution in [0, 0.1) is 5.82 Å². The fourth-order valence-corrected chi connectivity index (χ4v) is 5.66. The maximum Gasteiger partial charge on any atom is 0.339 e. The van der Waals surface area contributed by atoms with Gasteiger partial charge in [-0.25, -0.2) is 14.2 Å². The molecule has 2 aliphatic rings. The topological polar surface area (TPSA) is 59.5 Å². The number of likely N-dealkylation sites (tertiary alicyclic amines) is 1. The van der Waals surface area contributed by atoms with Gasteiger partial charge in [0, 0.05) is 17.5 Å². The normalized spacial score (nSPS) is 20.9. The van der Waals surface area contributed by atoms with Crippen molar-refractivity contribution >= 4 is 34.4 Å². The van der Waals surface area contributed by atoms with E-state index in [1.54, 1.807) is 12.1 Å². The van der Waals surface area contributed by atoms with Crippen LogP contribution >= 0.6 is 0 Å². The second-order valence-electron chi connectivity index (χ2n) is 9.91. The summed E-state index contributed by atoms with van der Waals surface area (Å²) in [5.41, 5.74) is 4.72. The lowest BCUT2D eigenvalue weighted by Gasteiger charge is -2.38. The second kappa shape index (κ2) is 10.2. The molecule has 1 saturated heterocycles. The molecule has 2 heterocycles. The van der Waals surface area contributed by atoms with Gasteiger partial charge in [0.15, 0.2) is 6.61 Å². The number of pyridine rings is 1. The van der Waals surface area contributed by atoms with Gasteiger partial charge in [-0.05, 0) is 93.3 Å². The van der Waals surface area contributed by atoms with Gasteiger partial charge in [0.1, 0.15) is 5.82 Å². The zero-order valence-corrected chi connectivity index (χ0v) is 20.8. The molecule has 2 atom stereocenters. The third-order valence-electron chi connectivity index (χ3n) is 7.39. The molecular formula is C30H31FN2O3. The van der Waals surface area contributed by atoms with E-state index in [2.05, 4.69) is 13.8 Å². The summed E-state index contributed by atoms with van der Waals surface area (Å²) in [4.78, 5) is 33.3. The number of allylic oxidation sites excluding steroid dienone is 1. The Labute approximate surface area is 211 Å².